The number of thioether (sulfide) groups is 1. The lowest BCUT2D eigenvalue weighted by Crippen LogP contribution is -1.80. The van der Waals surface area contributed by atoms with Crippen molar-refractivity contribution >= 4 is 23.1 Å². The number of aliphatic hydroxyl groups excluding tert-OH is 1. The standard InChI is InChI=1S/C15H14OS2/c16-8-4-7-14-9-15(18-11-14)12-17-10-13-5-2-1-3-6-13/h1-3,5-6,9,11,16H,8,10,12H2. The molecule has 92 valence electrons. The van der Waals surface area contributed by atoms with Gasteiger partial charge in [-0.05, 0) is 11.6 Å². The smallest absolute Gasteiger partial charge is 0.104 e. The molecular weight excluding hydrogens is 260 g/mol. The second-order valence-electron chi connectivity index (χ2n) is 3.74. The fraction of sp³-hybridized carbons (Fsp3) is 0.200. The highest BCUT2D eigenvalue weighted by atomic mass is 32.2. The van der Waals surface area contributed by atoms with Crippen molar-refractivity contribution in [1.29, 1.82) is 0 Å². The predicted octanol–water partition coefficient (Wildman–Crippen LogP) is 3.53. The molecule has 0 aliphatic rings. The number of hydrogen-bond donors (Lipinski definition) is 1. The molecule has 0 amide bonds. The maximum absolute atomic E-state index is 8.63. The quantitative estimate of drug-likeness (QED) is 0.861. The van der Waals surface area contributed by atoms with Crippen LogP contribution in [0.4, 0.5) is 0 Å². The Morgan fingerprint density at radius 2 is 2.00 bits per heavy atom. The maximum Gasteiger partial charge on any atom is 0.104 e. The van der Waals surface area contributed by atoms with Gasteiger partial charge in [-0.15, -0.1) is 11.3 Å². The van der Waals surface area contributed by atoms with Crippen LogP contribution in [0.25, 0.3) is 0 Å². The molecule has 3 heteroatoms. The van der Waals surface area contributed by atoms with E-state index in [4.69, 9.17) is 5.11 Å². The van der Waals surface area contributed by atoms with Gasteiger partial charge in [0.1, 0.15) is 6.61 Å². The molecule has 1 heterocycles. The molecule has 0 saturated carbocycles. The van der Waals surface area contributed by atoms with Crippen molar-refractivity contribution in [2.24, 2.45) is 0 Å². The summed E-state index contributed by atoms with van der Waals surface area (Å²) in [5.41, 5.74) is 2.36. The van der Waals surface area contributed by atoms with Crippen molar-refractivity contribution in [2.75, 3.05) is 6.61 Å². The molecule has 18 heavy (non-hydrogen) atoms. The average Bonchev–Trinajstić information content (AvgIpc) is 2.85. The van der Waals surface area contributed by atoms with Gasteiger partial charge in [-0.25, -0.2) is 0 Å². The Morgan fingerprint density at radius 3 is 2.78 bits per heavy atom. The summed E-state index contributed by atoms with van der Waals surface area (Å²) in [7, 11) is 0. The lowest BCUT2D eigenvalue weighted by atomic mass is 10.2. The van der Waals surface area contributed by atoms with E-state index in [0.717, 1.165) is 17.1 Å². The predicted molar refractivity (Wildman–Crippen MR) is 79.7 cm³/mol. The highest BCUT2D eigenvalue weighted by Crippen LogP contribution is 2.22. The fourth-order valence-corrected chi connectivity index (χ4v) is 3.44. The van der Waals surface area contributed by atoms with Crippen LogP contribution in [-0.2, 0) is 11.5 Å². The highest BCUT2D eigenvalue weighted by molar-refractivity contribution is 7.97. The van der Waals surface area contributed by atoms with Crippen LogP contribution < -0.4 is 0 Å². The third kappa shape index (κ3) is 4.23. The Hall–Kier alpha value is -1.21. The molecule has 2 rings (SSSR count). The van der Waals surface area contributed by atoms with Crippen molar-refractivity contribution in [1.82, 2.24) is 0 Å². The third-order valence-corrected chi connectivity index (χ3v) is 4.49. The van der Waals surface area contributed by atoms with Gasteiger partial charge >= 0.3 is 0 Å². The number of rotatable bonds is 4. The van der Waals surface area contributed by atoms with E-state index in [1.54, 1.807) is 11.3 Å². The zero-order chi connectivity index (χ0) is 12.6. The summed E-state index contributed by atoms with van der Waals surface area (Å²) < 4.78 is 0. The average molecular weight is 274 g/mol. The first-order valence-corrected chi connectivity index (χ1v) is 7.71. The first-order chi connectivity index (χ1) is 8.88. The van der Waals surface area contributed by atoms with E-state index >= 15 is 0 Å². The molecule has 1 N–H and O–H groups in total. The summed E-state index contributed by atoms with van der Waals surface area (Å²) in [5, 5.41) is 10.7. The summed E-state index contributed by atoms with van der Waals surface area (Å²) in [6, 6.07) is 12.6. The van der Waals surface area contributed by atoms with Crippen molar-refractivity contribution in [3.8, 4) is 11.8 Å². The topological polar surface area (TPSA) is 20.2 Å². The fourth-order valence-electron chi connectivity index (χ4n) is 1.51. The summed E-state index contributed by atoms with van der Waals surface area (Å²) >= 11 is 3.64. The van der Waals surface area contributed by atoms with E-state index in [1.807, 2.05) is 23.2 Å². The van der Waals surface area contributed by atoms with Crippen molar-refractivity contribution in [3.63, 3.8) is 0 Å². The van der Waals surface area contributed by atoms with Gasteiger partial charge in [0.15, 0.2) is 0 Å². The van der Waals surface area contributed by atoms with Gasteiger partial charge in [0.2, 0.25) is 0 Å². The number of thiophene rings is 1. The second kappa shape index (κ2) is 7.27. The number of aliphatic hydroxyl groups is 1. The summed E-state index contributed by atoms with van der Waals surface area (Å²) in [4.78, 5) is 1.33. The molecule has 0 saturated heterocycles. The van der Waals surface area contributed by atoms with Crippen molar-refractivity contribution in [3.05, 3.63) is 57.8 Å². The lowest BCUT2D eigenvalue weighted by Gasteiger charge is -1.99. The lowest BCUT2D eigenvalue weighted by molar-refractivity contribution is 0.350. The summed E-state index contributed by atoms with van der Waals surface area (Å²) in [5.74, 6) is 7.64. The Labute approximate surface area is 116 Å². The Kier molecular flexibility index (Phi) is 5.35. The number of benzene rings is 1. The van der Waals surface area contributed by atoms with Gasteiger partial charge in [0.25, 0.3) is 0 Å². The van der Waals surface area contributed by atoms with E-state index in [1.165, 1.54) is 10.4 Å². The zero-order valence-electron chi connectivity index (χ0n) is 9.93. The molecule has 0 fully saturated rings. The van der Waals surface area contributed by atoms with E-state index in [9.17, 15) is 0 Å². The van der Waals surface area contributed by atoms with Gasteiger partial charge in [-0.2, -0.15) is 11.8 Å². The monoisotopic (exact) mass is 274 g/mol. The maximum atomic E-state index is 8.63. The first-order valence-electron chi connectivity index (χ1n) is 5.67. The van der Waals surface area contributed by atoms with Crippen LogP contribution in [0.15, 0.2) is 41.8 Å². The molecule has 0 atom stereocenters. The van der Waals surface area contributed by atoms with Gasteiger partial charge in [-0.3, -0.25) is 0 Å². The van der Waals surface area contributed by atoms with Gasteiger partial charge in [-0.1, -0.05) is 42.2 Å². The Bertz CT molecular complexity index is 534. The minimum Gasteiger partial charge on any atom is -0.384 e. The van der Waals surface area contributed by atoms with E-state index in [2.05, 4.69) is 42.2 Å². The second-order valence-corrected chi connectivity index (χ2v) is 5.72. The Balaban J connectivity index is 1.82. The molecule has 0 aliphatic carbocycles. The molecule has 1 aromatic heterocycles. The number of hydrogen-bond acceptors (Lipinski definition) is 3. The van der Waals surface area contributed by atoms with Crippen LogP contribution in [-0.4, -0.2) is 11.7 Å². The van der Waals surface area contributed by atoms with Crippen LogP contribution in [0.5, 0.6) is 0 Å². The van der Waals surface area contributed by atoms with Crippen LogP contribution in [0.2, 0.25) is 0 Å². The highest BCUT2D eigenvalue weighted by Gasteiger charge is 1.99. The van der Waals surface area contributed by atoms with Crippen molar-refractivity contribution < 1.29 is 5.11 Å². The zero-order valence-corrected chi connectivity index (χ0v) is 11.6. The van der Waals surface area contributed by atoms with Crippen LogP contribution >= 0.6 is 23.1 Å². The van der Waals surface area contributed by atoms with Gasteiger partial charge in [0.05, 0.1) is 0 Å². The normalized spacial score (nSPS) is 9.83. The SMILES string of the molecule is OCC#Cc1csc(CSCc2ccccc2)c1. The van der Waals surface area contributed by atoms with E-state index in [0.29, 0.717) is 0 Å². The van der Waals surface area contributed by atoms with Crippen LogP contribution in [0.1, 0.15) is 16.0 Å². The minimum absolute atomic E-state index is 0.0755. The summed E-state index contributed by atoms with van der Waals surface area (Å²) in [6.07, 6.45) is 0. The molecule has 0 aliphatic heterocycles. The molecule has 2 aromatic rings. The molecule has 0 unspecified atom stereocenters. The molecule has 1 nitrogen and oxygen atoms in total. The Morgan fingerprint density at radius 1 is 1.17 bits per heavy atom. The van der Waals surface area contributed by atoms with Crippen molar-refractivity contribution in [2.45, 2.75) is 11.5 Å². The largest absolute Gasteiger partial charge is 0.384 e. The van der Waals surface area contributed by atoms with Gasteiger partial charge < -0.3 is 5.11 Å². The molecular formula is C15H14OS2. The molecule has 1 aromatic carbocycles. The third-order valence-electron chi connectivity index (χ3n) is 2.32. The van der Waals surface area contributed by atoms with E-state index in [-0.39, 0.29) is 6.61 Å². The first kappa shape index (κ1) is 13.2. The molecule has 0 bridgehead atoms. The summed E-state index contributed by atoms with van der Waals surface area (Å²) in [6.45, 7) is -0.0755. The van der Waals surface area contributed by atoms with E-state index < -0.39 is 0 Å². The van der Waals surface area contributed by atoms with Crippen LogP contribution in [0.3, 0.4) is 0 Å². The molecule has 0 spiro atoms. The minimum atomic E-state index is -0.0755. The molecule has 0 radical (unpaired) electrons. The van der Waals surface area contributed by atoms with Crippen LogP contribution in [0, 0.1) is 11.8 Å². The van der Waals surface area contributed by atoms with Gasteiger partial charge in [0, 0.05) is 27.3 Å².